The minimum atomic E-state index is -2.45. The molecule has 1 aromatic heterocycles. The highest BCUT2D eigenvalue weighted by Gasteiger charge is 2.04. The fourth-order valence-corrected chi connectivity index (χ4v) is 1.05. The van der Waals surface area contributed by atoms with Crippen molar-refractivity contribution in [2.24, 2.45) is 0 Å². The summed E-state index contributed by atoms with van der Waals surface area (Å²) >= 11 is 0. The fraction of sp³-hybridized carbons (Fsp3) is 0.500. The topological polar surface area (TPSA) is 34.1 Å². The Morgan fingerprint density at radius 2 is 2.33 bits per heavy atom. The lowest BCUT2D eigenvalue weighted by atomic mass is 10.3. The minimum absolute atomic E-state index is 0.429. The molecule has 1 heterocycles. The van der Waals surface area contributed by atoms with Gasteiger partial charge in [-0.3, -0.25) is 4.98 Å². The van der Waals surface area contributed by atoms with E-state index in [9.17, 15) is 8.78 Å². The Bertz CT molecular complexity index is 295. The molecule has 0 aliphatic carbocycles. The highest BCUT2D eigenvalue weighted by molar-refractivity contribution is 5.22. The van der Waals surface area contributed by atoms with Gasteiger partial charge in [-0.05, 0) is 12.6 Å². The summed E-state index contributed by atoms with van der Waals surface area (Å²) in [5.41, 5.74) is 0.781. The van der Waals surface area contributed by atoms with Crippen LogP contribution in [0, 0.1) is 0 Å². The predicted octanol–water partition coefficient (Wildman–Crippen LogP) is 1.83. The lowest BCUT2D eigenvalue weighted by molar-refractivity contribution is 0.0818. The Labute approximate surface area is 87.5 Å². The predicted molar refractivity (Wildman–Crippen MR) is 53.1 cm³/mol. The molecule has 0 aliphatic rings. The Morgan fingerprint density at radius 3 is 3.00 bits per heavy atom. The monoisotopic (exact) mass is 216 g/mol. The number of hydrogen-bond acceptors (Lipinski definition) is 3. The van der Waals surface area contributed by atoms with E-state index >= 15 is 0 Å². The van der Waals surface area contributed by atoms with Crippen molar-refractivity contribution < 1.29 is 13.5 Å². The van der Waals surface area contributed by atoms with Crippen molar-refractivity contribution in [1.29, 1.82) is 0 Å². The SMILES string of the molecule is CCNCc1cc(OCC(F)F)ccn1. The van der Waals surface area contributed by atoms with Crippen molar-refractivity contribution in [2.75, 3.05) is 13.2 Å². The van der Waals surface area contributed by atoms with Crippen molar-refractivity contribution in [3.05, 3.63) is 24.0 Å². The van der Waals surface area contributed by atoms with Crippen LogP contribution < -0.4 is 10.1 Å². The van der Waals surface area contributed by atoms with Gasteiger partial charge in [0.25, 0.3) is 6.43 Å². The first-order valence-electron chi connectivity index (χ1n) is 4.79. The minimum Gasteiger partial charge on any atom is -0.488 e. The average molecular weight is 216 g/mol. The summed E-state index contributed by atoms with van der Waals surface area (Å²) in [6.07, 6.45) is -0.900. The summed E-state index contributed by atoms with van der Waals surface area (Å²) < 4.78 is 28.6. The van der Waals surface area contributed by atoms with E-state index in [0.29, 0.717) is 12.3 Å². The molecule has 1 rings (SSSR count). The molecule has 3 nitrogen and oxygen atoms in total. The van der Waals surface area contributed by atoms with Crippen LogP contribution in [0.2, 0.25) is 0 Å². The fourth-order valence-electron chi connectivity index (χ4n) is 1.05. The molecule has 0 atom stereocenters. The number of rotatable bonds is 6. The number of halogens is 2. The first-order valence-corrected chi connectivity index (χ1v) is 4.79. The van der Waals surface area contributed by atoms with Crippen LogP contribution in [0.15, 0.2) is 18.3 Å². The second kappa shape index (κ2) is 6.29. The molecule has 0 saturated carbocycles. The van der Waals surface area contributed by atoms with Gasteiger partial charge in [-0.2, -0.15) is 0 Å². The molecule has 0 amide bonds. The van der Waals surface area contributed by atoms with E-state index in [1.54, 1.807) is 18.3 Å². The summed E-state index contributed by atoms with van der Waals surface area (Å²) in [5.74, 6) is 0.429. The molecule has 0 bridgehead atoms. The van der Waals surface area contributed by atoms with Crippen LogP contribution in [0.5, 0.6) is 5.75 Å². The maximum absolute atomic E-state index is 11.9. The summed E-state index contributed by atoms with van der Waals surface area (Å²) in [4.78, 5) is 4.07. The lowest BCUT2D eigenvalue weighted by Gasteiger charge is -2.06. The number of nitrogens with zero attached hydrogens (tertiary/aromatic N) is 1. The van der Waals surface area contributed by atoms with E-state index in [1.807, 2.05) is 6.92 Å². The molecule has 0 saturated heterocycles. The van der Waals surface area contributed by atoms with E-state index in [1.165, 1.54) is 0 Å². The molecule has 0 aromatic carbocycles. The molecule has 0 spiro atoms. The number of aromatic nitrogens is 1. The second-order valence-corrected chi connectivity index (χ2v) is 2.97. The first kappa shape index (κ1) is 11.8. The average Bonchev–Trinajstić information content (AvgIpc) is 2.24. The summed E-state index contributed by atoms with van der Waals surface area (Å²) in [5, 5.41) is 3.09. The first-order chi connectivity index (χ1) is 7.22. The van der Waals surface area contributed by atoms with Crippen molar-refractivity contribution in [1.82, 2.24) is 10.3 Å². The number of nitrogens with one attached hydrogen (secondary N) is 1. The summed E-state index contributed by atoms with van der Waals surface area (Å²) in [6, 6.07) is 3.23. The van der Waals surface area contributed by atoms with Crippen LogP contribution in [-0.2, 0) is 6.54 Å². The smallest absolute Gasteiger partial charge is 0.272 e. The van der Waals surface area contributed by atoms with E-state index < -0.39 is 13.0 Å². The third kappa shape index (κ3) is 4.69. The zero-order valence-electron chi connectivity index (χ0n) is 8.54. The van der Waals surface area contributed by atoms with Crippen molar-refractivity contribution in [2.45, 2.75) is 19.9 Å². The van der Waals surface area contributed by atoms with E-state index in [4.69, 9.17) is 4.74 Å². The van der Waals surface area contributed by atoms with Gasteiger partial charge in [-0.25, -0.2) is 8.78 Å². The van der Waals surface area contributed by atoms with E-state index in [2.05, 4.69) is 10.3 Å². The zero-order valence-corrected chi connectivity index (χ0v) is 8.54. The Morgan fingerprint density at radius 1 is 1.53 bits per heavy atom. The molecule has 5 heteroatoms. The molecule has 0 fully saturated rings. The van der Waals surface area contributed by atoms with Crippen LogP contribution in [0.1, 0.15) is 12.6 Å². The number of ether oxygens (including phenoxy) is 1. The van der Waals surface area contributed by atoms with Gasteiger partial charge >= 0.3 is 0 Å². The van der Waals surface area contributed by atoms with Gasteiger partial charge in [0.05, 0.1) is 5.69 Å². The van der Waals surface area contributed by atoms with Crippen LogP contribution in [0.3, 0.4) is 0 Å². The molecule has 1 N–H and O–H groups in total. The summed E-state index contributed by atoms with van der Waals surface area (Å²) in [6.45, 7) is 2.86. The quantitative estimate of drug-likeness (QED) is 0.787. The third-order valence-electron chi connectivity index (χ3n) is 1.72. The van der Waals surface area contributed by atoms with Crippen LogP contribution >= 0.6 is 0 Å². The van der Waals surface area contributed by atoms with E-state index in [-0.39, 0.29) is 0 Å². The standard InChI is InChI=1S/C10H14F2N2O/c1-2-13-6-8-5-9(3-4-14-8)15-7-10(11)12/h3-5,10,13H,2,6-7H2,1H3. The molecule has 0 unspecified atom stereocenters. The van der Waals surface area contributed by atoms with Crippen LogP contribution in [0.25, 0.3) is 0 Å². The summed E-state index contributed by atoms with van der Waals surface area (Å²) in [7, 11) is 0. The number of alkyl halides is 2. The molecular formula is C10H14F2N2O. The third-order valence-corrected chi connectivity index (χ3v) is 1.72. The number of hydrogen-bond donors (Lipinski definition) is 1. The molecule has 0 radical (unpaired) electrons. The molecule has 1 aromatic rings. The van der Waals surface area contributed by atoms with Gasteiger partial charge in [-0.15, -0.1) is 0 Å². The van der Waals surface area contributed by atoms with Gasteiger partial charge in [0.15, 0.2) is 0 Å². The molecule has 0 aliphatic heterocycles. The zero-order chi connectivity index (χ0) is 11.1. The maximum atomic E-state index is 11.9. The lowest BCUT2D eigenvalue weighted by Crippen LogP contribution is -2.13. The van der Waals surface area contributed by atoms with Crippen molar-refractivity contribution in [3.63, 3.8) is 0 Å². The Kier molecular flexibility index (Phi) is 4.97. The maximum Gasteiger partial charge on any atom is 0.272 e. The molecular weight excluding hydrogens is 202 g/mol. The van der Waals surface area contributed by atoms with Crippen LogP contribution in [0.4, 0.5) is 8.78 Å². The Hall–Kier alpha value is -1.23. The number of pyridine rings is 1. The molecule has 84 valence electrons. The second-order valence-electron chi connectivity index (χ2n) is 2.97. The van der Waals surface area contributed by atoms with Crippen molar-refractivity contribution in [3.8, 4) is 5.75 Å². The van der Waals surface area contributed by atoms with E-state index in [0.717, 1.165) is 12.2 Å². The van der Waals surface area contributed by atoms with Gasteiger partial charge in [0, 0.05) is 18.8 Å². The largest absolute Gasteiger partial charge is 0.488 e. The van der Waals surface area contributed by atoms with Crippen molar-refractivity contribution >= 4 is 0 Å². The van der Waals surface area contributed by atoms with Gasteiger partial charge < -0.3 is 10.1 Å². The highest BCUT2D eigenvalue weighted by atomic mass is 19.3. The van der Waals surface area contributed by atoms with Gasteiger partial charge in [-0.1, -0.05) is 6.92 Å². The van der Waals surface area contributed by atoms with Gasteiger partial charge in [0.1, 0.15) is 12.4 Å². The molecule has 15 heavy (non-hydrogen) atoms. The van der Waals surface area contributed by atoms with Gasteiger partial charge in [0.2, 0.25) is 0 Å². The highest BCUT2D eigenvalue weighted by Crippen LogP contribution is 2.11. The van der Waals surface area contributed by atoms with Crippen LogP contribution in [-0.4, -0.2) is 24.6 Å². The normalized spacial score (nSPS) is 10.7. The Balaban J connectivity index is 2.50.